The first-order valence-corrected chi connectivity index (χ1v) is 9.81. The number of benzene rings is 3. The van der Waals surface area contributed by atoms with Crippen molar-refractivity contribution in [3.05, 3.63) is 82.9 Å². The monoisotopic (exact) mass is 415 g/mol. The molecule has 31 heavy (non-hydrogen) atoms. The summed E-state index contributed by atoms with van der Waals surface area (Å²) in [6.07, 6.45) is 0.740. The smallest absolute Gasteiger partial charge is 0.251 e. The maximum Gasteiger partial charge on any atom is 0.251 e. The van der Waals surface area contributed by atoms with Crippen LogP contribution in [0, 0.1) is 0 Å². The number of nitrogens with one attached hydrogen (secondary N) is 1. The topological polar surface area (TPSA) is 123 Å². The van der Waals surface area contributed by atoms with Crippen LogP contribution in [0.25, 0.3) is 16.7 Å². The van der Waals surface area contributed by atoms with Crippen LogP contribution in [0.5, 0.6) is 5.75 Å². The lowest BCUT2D eigenvalue weighted by Gasteiger charge is -2.13. The number of rotatable bonds is 6. The van der Waals surface area contributed by atoms with E-state index in [4.69, 9.17) is 5.73 Å². The van der Waals surface area contributed by atoms with Gasteiger partial charge in [-0.15, -0.1) is 15.0 Å². The number of carbonyl (C=O) groups excluding carboxylic acids is 2. The van der Waals surface area contributed by atoms with Crippen molar-refractivity contribution >= 4 is 22.8 Å². The summed E-state index contributed by atoms with van der Waals surface area (Å²) < 4.78 is 0. The van der Waals surface area contributed by atoms with E-state index in [1.807, 2.05) is 43.3 Å². The molecular formula is C23H21N5O3. The van der Waals surface area contributed by atoms with Crippen molar-refractivity contribution in [2.24, 2.45) is 5.73 Å². The molecule has 0 fully saturated rings. The van der Waals surface area contributed by atoms with Crippen LogP contribution in [0.4, 0.5) is 0 Å². The number of aromatic nitrogens is 3. The molecule has 0 radical (unpaired) electrons. The van der Waals surface area contributed by atoms with Gasteiger partial charge in [0.2, 0.25) is 5.91 Å². The first-order chi connectivity index (χ1) is 15.0. The highest BCUT2D eigenvalue weighted by Crippen LogP contribution is 2.28. The van der Waals surface area contributed by atoms with Crippen molar-refractivity contribution in [2.75, 3.05) is 0 Å². The summed E-state index contributed by atoms with van der Waals surface area (Å²) in [7, 11) is 0. The Morgan fingerprint density at radius 3 is 2.19 bits per heavy atom. The maximum atomic E-state index is 12.5. The predicted octanol–water partition coefficient (Wildman–Crippen LogP) is 2.72. The summed E-state index contributed by atoms with van der Waals surface area (Å²) in [6.45, 7) is 2.12. The van der Waals surface area contributed by atoms with Crippen molar-refractivity contribution < 1.29 is 14.7 Å². The highest BCUT2D eigenvalue weighted by atomic mass is 16.3. The SMILES string of the molecule is CCc1cc(CNC(=O)c2ccc(C(N)=O)cc2)c(O)c(-n2nc3ccccc3n2)c1. The van der Waals surface area contributed by atoms with E-state index in [2.05, 4.69) is 15.5 Å². The molecule has 0 aliphatic carbocycles. The normalized spacial score (nSPS) is 10.9. The number of primary amides is 1. The standard InChI is InChI=1S/C23H21N5O3/c1-2-14-11-17(13-25-23(31)16-9-7-15(8-10-16)22(24)30)21(29)20(12-14)28-26-18-5-3-4-6-19(18)27-28/h3-12,29H,2,13H2,1H3,(H2,24,30)(H,25,31). The fourth-order valence-electron chi connectivity index (χ4n) is 3.26. The van der Waals surface area contributed by atoms with Crippen molar-refractivity contribution in [3.8, 4) is 11.4 Å². The van der Waals surface area contributed by atoms with E-state index < -0.39 is 5.91 Å². The predicted molar refractivity (Wildman–Crippen MR) is 116 cm³/mol. The Balaban J connectivity index is 1.60. The van der Waals surface area contributed by atoms with E-state index >= 15 is 0 Å². The molecule has 0 unspecified atom stereocenters. The second-order valence-corrected chi connectivity index (χ2v) is 7.08. The molecule has 1 heterocycles. The molecule has 0 aliphatic heterocycles. The molecule has 3 aromatic carbocycles. The van der Waals surface area contributed by atoms with Crippen LogP contribution in [-0.2, 0) is 13.0 Å². The van der Waals surface area contributed by atoms with Gasteiger partial charge in [0.05, 0.1) is 0 Å². The molecule has 0 saturated carbocycles. The number of hydrogen-bond donors (Lipinski definition) is 3. The highest BCUT2D eigenvalue weighted by molar-refractivity contribution is 5.97. The third-order valence-corrected chi connectivity index (χ3v) is 5.01. The first-order valence-electron chi connectivity index (χ1n) is 9.81. The molecule has 0 saturated heterocycles. The number of phenols is 1. The van der Waals surface area contributed by atoms with Gasteiger partial charge in [0, 0.05) is 23.2 Å². The number of nitrogens with zero attached hydrogens (tertiary/aromatic N) is 3. The van der Waals surface area contributed by atoms with E-state index in [0.29, 0.717) is 22.4 Å². The molecule has 0 aliphatic rings. The number of fused-ring (bicyclic) bond motifs is 1. The van der Waals surface area contributed by atoms with Gasteiger partial charge < -0.3 is 16.2 Å². The lowest BCUT2D eigenvalue weighted by molar-refractivity contribution is 0.0948. The average Bonchev–Trinajstić information content (AvgIpc) is 3.22. The molecule has 0 spiro atoms. The molecule has 4 rings (SSSR count). The molecule has 0 bridgehead atoms. The minimum absolute atomic E-state index is 0.00174. The number of aryl methyl sites for hydroxylation is 1. The molecule has 8 heteroatoms. The van der Waals surface area contributed by atoms with E-state index in [9.17, 15) is 14.7 Å². The third-order valence-electron chi connectivity index (χ3n) is 5.01. The Bertz CT molecular complexity index is 1250. The summed E-state index contributed by atoms with van der Waals surface area (Å²) >= 11 is 0. The van der Waals surface area contributed by atoms with Gasteiger partial charge in [0.1, 0.15) is 22.5 Å². The van der Waals surface area contributed by atoms with E-state index in [1.54, 1.807) is 0 Å². The lowest BCUT2D eigenvalue weighted by atomic mass is 10.1. The van der Waals surface area contributed by atoms with Crippen LogP contribution in [0.1, 0.15) is 38.8 Å². The van der Waals surface area contributed by atoms with Gasteiger partial charge >= 0.3 is 0 Å². The number of aromatic hydroxyl groups is 1. The summed E-state index contributed by atoms with van der Waals surface area (Å²) in [6, 6.07) is 17.2. The second kappa shape index (κ2) is 8.27. The second-order valence-electron chi connectivity index (χ2n) is 7.08. The summed E-state index contributed by atoms with van der Waals surface area (Å²) in [4.78, 5) is 25.1. The Labute approximate surface area is 178 Å². The quantitative estimate of drug-likeness (QED) is 0.447. The van der Waals surface area contributed by atoms with Crippen molar-refractivity contribution in [3.63, 3.8) is 0 Å². The van der Waals surface area contributed by atoms with Crippen LogP contribution in [-0.4, -0.2) is 31.9 Å². The minimum Gasteiger partial charge on any atom is -0.505 e. The molecule has 4 aromatic rings. The fraction of sp³-hybridized carbons (Fsp3) is 0.130. The molecular weight excluding hydrogens is 394 g/mol. The molecule has 0 atom stereocenters. The zero-order chi connectivity index (χ0) is 22.0. The number of amides is 2. The Kier molecular flexibility index (Phi) is 5.36. The number of nitrogens with two attached hydrogens (primary N) is 1. The highest BCUT2D eigenvalue weighted by Gasteiger charge is 2.15. The minimum atomic E-state index is -0.555. The first kappa shape index (κ1) is 20.1. The van der Waals surface area contributed by atoms with Crippen LogP contribution in [0.15, 0.2) is 60.7 Å². The van der Waals surface area contributed by atoms with Crippen LogP contribution in [0.2, 0.25) is 0 Å². The van der Waals surface area contributed by atoms with Gasteiger partial charge in [0.15, 0.2) is 0 Å². The fourth-order valence-corrected chi connectivity index (χ4v) is 3.26. The Morgan fingerprint density at radius 2 is 1.61 bits per heavy atom. The van der Waals surface area contributed by atoms with Crippen LogP contribution >= 0.6 is 0 Å². The van der Waals surface area contributed by atoms with Crippen molar-refractivity contribution in [1.82, 2.24) is 20.3 Å². The number of carbonyl (C=O) groups is 2. The molecule has 4 N–H and O–H groups in total. The number of hydrogen-bond acceptors (Lipinski definition) is 5. The summed E-state index contributed by atoms with van der Waals surface area (Å²) in [5.74, 6) is -0.885. The zero-order valence-electron chi connectivity index (χ0n) is 16.9. The van der Waals surface area contributed by atoms with Gasteiger partial charge in [0.25, 0.3) is 5.91 Å². The van der Waals surface area contributed by atoms with Crippen molar-refractivity contribution in [2.45, 2.75) is 19.9 Å². The van der Waals surface area contributed by atoms with Gasteiger partial charge in [-0.2, -0.15) is 0 Å². The van der Waals surface area contributed by atoms with Crippen LogP contribution < -0.4 is 11.1 Å². The zero-order valence-corrected chi connectivity index (χ0v) is 16.9. The maximum absolute atomic E-state index is 12.5. The molecule has 156 valence electrons. The summed E-state index contributed by atoms with van der Waals surface area (Å²) in [5.41, 5.74) is 9.36. The lowest BCUT2D eigenvalue weighted by Crippen LogP contribution is -2.23. The van der Waals surface area contributed by atoms with Gasteiger partial charge in [-0.1, -0.05) is 25.1 Å². The third kappa shape index (κ3) is 4.09. The van der Waals surface area contributed by atoms with Gasteiger partial charge in [-0.3, -0.25) is 9.59 Å². The van der Waals surface area contributed by atoms with Gasteiger partial charge in [-0.05, 0) is 54.4 Å². The largest absolute Gasteiger partial charge is 0.505 e. The Hall–Kier alpha value is -4.20. The molecule has 1 aromatic heterocycles. The van der Waals surface area contributed by atoms with E-state index in [0.717, 1.165) is 23.0 Å². The van der Waals surface area contributed by atoms with Crippen molar-refractivity contribution in [1.29, 1.82) is 0 Å². The van der Waals surface area contributed by atoms with E-state index in [-0.39, 0.29) is 18.2 Å². The molecule has 2 amide bonds. The molecule has 8 nitrogen and oxygen atoms in total. The Morgan fingerprint density at radius 1 is 1.00 bits per heavy atom. The van der Waals surface area contributed by atoms with E-state index in [1.165, 1.54) is 29.1 Å². The average molecular weight is 415 g/mol. The number of phenolic OH excluding ortho intramolecular Hbond substituents is 1. The van der Waals surface area contributed by atoms with Crippen LogP contribution in [0.3, 0.4) is 0 Å². The summed E-state index contributed by atoms with van der Waals surface area (Å²) in [5, 5.41) is 22.6. The van der Waals surface area contributed by atoms with Gasteiger partial charge in [-0.25, -0.2) is 0 Å².